The number of ketones is 1. The van der Waals surface area contributed by atoms with E-state index in [4.69, 9.17) is 0 Å². The molecule has 4 nitrogen and oxygen atoms in total. The summed E-state index contributed by atoms with van der Waals surface area (Å²) in [6.45, 7) is 3.81. The molecule has 2 aromatic carbocycles. The molecule has 0 heterocycles. The fraction of sp³-hybridized carbons (Fsp3) is 0.263. The number of hydrogen-bond donors (Lipinski definition) is 2. The Balaban J connectivity index is 1.87. The summed E-state index contributed by atoms with van der Waals surface area (Å²) in [5, 5.41) is 5.88. The van der Waals surface area contributed by atoms with Gasteiger partial charge in [0.1, 0.15) is 0 Å². The number of aryl methyl sites for hydroxylation is 1. The lowest BCUT2D eigenvalue weighted by molar-refractivity contribution is -0.114. The number of rotatable bonds is 7. The number of amides is 1. The fourth-order valence-corrected chi connectivity index (χ4v) is 2.28. The van der Waals surface area contributed by atoms with Crippen molar-refractivity contribution in [3.05, 3.63) is 59.7 Å². The highest BCUT2D eigenvalue weighted by Crippen LogP contribution is 2.12. The van der Waals surface area contributed by atoms with Crippen molar-refractivity contribution in [3.8, 4) is 0 Å². The van der Waals surface area contributed by atoms with Gasteiger partial charge in [-0.25, -0.2) is 0 Å². The second kappa shape index (κ2) is 8.13. The van der Waals surface area contributed by atoms with Crippen molar-refractivity contribution < 1.29 is 9.59 Å². The molecular weight excluding hydrogens is 288 g/mol. The first kappa shape index (κ1) is 16.7. The van der Waals surface area contributed by atoms with Crippen LogP contribution in [0, 0.1) is 0 Å². The molecule has 0 aromatic heterocycles. The standard InChI is InChI=1S/C19H22N2O2/c1-3-5-15-8-10-17(11-9-15)21-19(23)13-20-18-7-4-6-16(12-18)14(2)22/h4,6-12,20H,3,5,13H2,1-2H3,(H,21,23). The molecule has 0 saturated heterocycles. The van der Waals surface area contributed by atoms with Gasteiger partial charge in [0.25, 0.3) is 0 Å². The van der Waals surface area contributed by atoms with Crippen LogP contribution in [0.5, 0.6) is 0 Å². The van der Waals surface area contributed by atoms with Crippen molar-refractivity contribution in [2.24, 2.45) is 0 Å². The first-order chi connectivity index (χ1) is 11.1. The molecule has 120 valence electrons. The summed E-state index contributed by atoms with van der Waals surface area (Å²) in [6.07, 6.45) is 2.15. The van der Waals surface area contributed by atoms with Crippen LogP contribution in [-0.4, -0.2) is 18.2 Å². The third-order valence-electron chi connectivity index (χ3n) is 3.50. The van der Waals surface area contributed by atoms with E-state index in [-0.39, 0.29) is 18.2 Å². The Bertz CT molecular complexity index is 678. The highest BCUT2D eigenvalue weighted by atomic mass is 16.2. The minimum Gasteiger partial charge on any atom is -0.376 e. The second-order valence-corrected chi connectivity index (χ2v) is 5.49. The van der Waals surface area contributed by atoms with Crippen LogP contribution in [0.3, 0.4) is 0 Å². The highest BCUT2D eigenvalue weighted by molar-refractivity contribution is 5.96. The van der Waals surface area contributed by atoms with Crippen molar-refractivity contribution in [3.63, 3.8) is 0 Å². The van der Waals surface area contributed by atoms with Gasteiger partial charge in [-0.1, -0.05) is 37.6 Å². The van der Waals surface area contributed by atoms with Gasteiger partial charge < -0.3 is 10.6 Å². The number of carbonyl (C=O) groups excluding carboxylic acids is 2. The Labute approximate surface area is 136 Å². The van der Waals surface area contributed by atoms with Crippen molar-refractivity contribution in [1.29, 1.82) is 0 Å². The van der Waals surface area contributed by atoms with E-state index in [0.29, 0.717) is 5.56 Å². The summed E-state index contributed by atoms with van der Waals surface area (Å²) in [7, 11) is 0. The van der Waals surface area contributed by atoms with Gasteiger partial charge in [0.15, 0.2) is 5.78 Å². The molecule has 4 heteroatoms. The van der Waals surface area contributed by atoms with Crippen molar-refractivity contribution in [2.45, 2.75) is 26.7 Å². The van der Waals surface area contributed by atoms with Crippen LogP contribution in [0.1, 0.15) is 36.2 Å². The van der Waals surface area contributed by atoms with E-state index in [1.54, 1.807) is 18.2 Å². The first-order valence-electron chi connectivity index (χ1n) is 7.82. The lowest BCUT2D eigenvalue weighted by Gasteiger charge is -2.09. The summed E-state index contributed by atoms with van der Waals surface area (Å²) >= 11 is 0. The van der Waals surface area contributed by atoms with Crippen molar-refractivity contribution in [2.75, 3.05) is 17.2 Å². The first-order valence-corrected chi connectivity index (χ1v) is 7.82. The monoisotopic (exact) mass is 310 g/mol. The van der Waals surface area contributed by atoms with Crippen molar-refractivity contribution >= 4 is 23.1 Å². The highest BCUT2D eigenvalue weighted by Gasteiger charge is 2.04. The van der Waals surface area contributed by atoms with E-state index >= 15 is 0 Å². The SMILES string of the molecule is CCCc1ccc(NC(=O)CNc2cccc(C(C)=O)c2)cc1. The van der Waals surface area contributed by atoms with Crippen LogP contribution in [0.4, 0.5) is 11.4 Å². The molecule has 2 rings (SSSR count). The summed E-state index contributed by atoms with van der Waals surface area (Å²) in [5.41, 5.74) is 3.44. The van der Waals surface area contributed by atoms with Crippen LogP contribution in [0.15, 0.2) is 48.5 Å². The second-order valence-electron chi connectivity index (χ2n) is 5.49. The van der Waals surface area contributed by atoms with Gasteiger partial charge in [0, 0.05) is 16.9 Å². The Morgan fingerprint density at radius 1 is 1.00 bits per heavy atom. The summed E-state index contributed by atoms with van der Waals surface area (Å²) in [4.78, 5) is 23.3. The van der Waals surface area contributed by atoms with Crippen LogP contribution in [0.2, 0.25) is 0 Å². The van der Waals surface area contributed by atoms with E-state index in [1.807, 2.05) is 30.3 Å². The molecule has 0 spiro atoms. The Kier molecular flexibility index (Phi) is 5.92. The predicted molar refractivity (Wildman–Crippen MR) is 94.0 cm³/mol. The fourth-order valence-electron chi connectivity index (χ4n) is 2.28. The minimum atomic E-state index is -0.124. The van der Waals surface area contributed by atoms with E-state index < -0.39 is 0 Å². The molecule has 0 aliphatic heterocycles. The average molecular weight is 310 g/mol. The predicted octanol–water partition coefficient (Wildman–Crippen LogP) is 3.89. The van der Waals surface area contributed by atoms with Gasteiger partial charge in [-0.3, -0.25) is 9.59 Å². The maximum absolute atomic E-state index is 12.0. The number of nitrogens with one attached hydrogen (secondary N) is 2. The molecule has 0 atom stereocenters. The van der Waals surface area contributed by atoms with Gasteiger partial charge in [0.2, 0.25) is 5.91 Å². The maximum atomic E-state index is 12.0. The molecule has 0 unspecified atom stereocenters. The lowest BCUT2D eigenvalue weighted by Crippen LogP contribution is -2.21. The van der Waals surface area contributed by atoms with E-state index in [1.165, 1.54) is 12.5 Å². The molecule has 0 aliphatic carbocycles. The zero-order chi connectivity index (χ0) is 16.7. The quantitative estimate of drug-likeness (QED) is 0.763. The smallest absolute Gasteiger partial charge is 0.243 e. The van der Waals surface area contributed by atoms with Gasteiger partial charge in [-0.2, -0.15) is 0 Å². The molecule has 1 amide bonds. The van der Waals surface area contributed by atoms with Gasteiger partial charge >= 0.3 is 0 Å². The zero-order valence-corrected chi connectivity index (χ0v) is 13.6. The number of benzene rings is 2. The molecule has 0 aliphatic rings. The lowest BCUT2D eigenvalue weighted by atomic mass is 10.1. The Hall–Kier alpha value is -2.62. The summed E-state index contributed by atoms with van der Waals surface area (Å²) in [6, 6.07) is 15.0. The van der Waals surface area contributed by atoms with Crippen LogP contribution in [-0.2, 0) is 11.2 Å². The minimum absolute atomic E-state index is 0.00488. The van der Waals surface area contributed by atoms with E-state index in [0.717, 1.165) is 24.2 Å². The molecule has 2 aromatic rings. The van der Waals surface area contributed by atoms with Gasteiger partial charge in [-0.15, -0.1) is 0 Å². The van der Waals surface area contributed by atoms with Crippen LogP contribution in [0.25, 0.3) is 0 Å². The summed E-state index contributed by atoms with van der Waals surface area (Å²) in [5.74, 6) is -0.119. The van der Waals surface area contributed by atoms with Gasteiger partial charge in [0.05, 0.1) is 6.54 Å². The Morgan fingerprint density at radius 3 is 2.39 bits per heavy atom. The third-order valence-corrected chi connectivity index (χ3v) is 3.50. The Morgan fingerprint density at radius 2 is 1.74 bits per heavy atom. The number of Topliss-reactive ketones (excluding diaryl/α,β-unsaturated/α-hetero) is 1. The third kappa shape index (κ3) is 5.25. The van der Waals surface area contributed by atoms with Crippen LogP contribution < -0.4 is 10.6 Å². The average Bonchev–Trinajstić information content (AvgIpc) is 2.55. The molecule has 23 heavy (non-hydrogen) atoms. The number of hydrogen-bond acceptors (Lipinski definition) is 3. The molecule has 0 saturated carbocycles. The molecule has 0 bridgehead atoms. The summed E-state index contributed by atoms with van der Waals surface area (Å²) < 4.78 is 0. The van der Waals surface area contributed by atoms with E-state index in [9.17, 15) is 9.59 Å². The van der Waals surface area contributed by atoms with E-state index in [2.05, 4.69) is 17.6 Å². The molecule has 0 radical (unpaired) electrons. The molecule has 2 N–H and O–H groups in total. The van der Waals surface area contributed by atoms with Gasteiger partial charge in [-0.05, 0) is 43.2 Å². The zero-order valence-electron chi connectivity index (χ0n) is 13.6. The number of carbonyl (C=O) groups is 2. The maximum Gasteiger partial charge on any atom is 0.243 e. The number of anilines is 2. The van der Waals surface area contributed by atoms with Crippen LogP contribution >= 0.6 is 0 Å². The normalized spacial score (nSPS) is 10.2. The molecule has 0 fully saturated rings. The topological polar surface area (TPSA) is 58.2 Å². The van der Waals surface area contributed by atoms with Crippen molar-refractivity contribution in [1.82, 2.24) is 0 Å². The molecular formula is C19H22N2O2. The largest absolute Gasteiger partial charge is 0.376 e.